The van der Waals surface area contributed by atoms with Crippen molar-refractivity contribution in [3.8, 4) is 0 Å². The Morgan fingerprint density at radius 2 is 0.787 bits per heavy atom. The van der Waals surface area contributed by atoms with Crippen molar-refractivity contribution in [1.82, 2.24) is 47.9 Å². The van der Waals surface area contributed by atoms with E-state index in [1.807, 2.05) is 0 Å². The smallest absolute Gasteiger partial charge is 0.326 e. The molecule has 34 heteroatoms. The summed E-state index contributed by atoms with van der Waals surface area (Å²) in [5.41, 5.74) is 27.9. The molecular weight excluding hydrogens is 1170 g/mol. The molecule has 0 heterocycles. The summed E-state index contributed by atoms with van der Waals surface area (Å²) in [5.74, 6) is -16.3. The van der Waals surface area contributed by atoms with E-state index >= 15 is 0 Å². The lowest BCUT2D eigenvalue weighted by Gasteiger charge is -2.29. The number of amides is 9. The highest BCUT2D eigenvalue weighted by Gasteiger charge is 2.37. The number of nitrogens with one attached hydrogen (secondary N) is 9. The van der Waals surface area contributed by atoms with Gasteiger partial charge in [-0.25, -0.2) is 4.79 Å². The number of carboxylic acid groups (broad SMARTS) is 4. The zero-order valence-electron chi connectivity index (χ0n) is 50.8. The Balaban J connectivity index is 3.57. The van der Waals surface area contributed by atoms with Gasteiger partial charge >= 0.3 is 23.9 Å². The summed E-state index contributed by atoms with van der Waals surface area (Å²) in [6.45, 7) is 9.42. The van der Waals surface area contributed by atoms with Gasteiger partial charge in [0.25, 0.3) is 0 Å². The lowest BCUT2D eigenvalue weighted by atomic mass is 10.00. The third-order valence-corrected chi connectivity index (χ3v) is 13.1. The molecule has 0 aromatic heterocycles. The molecule has 34 nitrogen and oxygen atoms in total. The van der Waals surface area contributed by atoms with E-state index in [0.717, 1.165) is 6.92 Å². The van der Waals surface area contributed by atoms with E-state index in [1.54, 1.807) is 58.0 Å². The number of aliphatic carboxylic acids is 4. The fourth-order valence-electron chi connectivity index (χ4n) is 8.45. The first-order valence-electron chi connectivity index (χ1n) is 28.8. The number of benzene rings is 1. The van der Waals surface area contributed by atoms with Crippen molar-refractivity contribution in [3.05, 3.63) is 35.9 Å². The van der Waals surface area contributed by atoms with Crippen LogP contribution in [-0.4, -0.2) is 194 Å². The molecule has 9 amide bonds. The van der Waals surface area contributed by atoms with E-state index in [1.165, 1.54) is 6.92 Å². The van der Waals surface area contributed by atoms with Gasteiger partial charge in [0.2, 0.25) is 53.2 Å². The number of carboxylic acids is 4. The summed E-state index contributed by atoms with van der Waals surface area (Å²) >= 11 is 0. The molecule has 89 heavy (non-hydrogen) atoms. The highest BCUT2D eigenvalue weighted by atomic mass is 16.4. The summed E-state index contributed by atoms with van der Waals surface area (Å²) in [5, 5.41) is 70.9. The quantitative estimate of drug-likeness (QED) is 0.0166. The number of carbonyl (C=O) groups excluding carboxylic acids is 9. The first-order chi connectivity index (χ1) is 41.6. The third-order valence-electron chi connectivity index (χ3n) is 13.1. The van der Waals surface area contributed by atoms with E-state index < -0.39 is 182 Å². The minimum Gasteiger partial charge on any atom is -0.481 e. The van der Waals surface area contributed by atoms with Gasteiger partial charge in [0.05, 0.1) is 12.1 Å². The number of nitrogens with two attached hydrogens (primary N) is 5. The third kappa shape index (κ3) is 32.4. The summed E-state index contributed by atoms with van der Waals surface area (Å²) in [6.07, 6.45) is -6.04. The highest BCUT2D eigenvalue weighted by molar-refractivity contribution is 5.99. The van der Waals surface area contributed by atoms with Gasteiger partial charge in [-0.15, -0.1) is 0 Å². The van der Waals surface area contributed by atoms with Crippen LogP contribution in [0.4, 0.5) is 0 Å². The topological polar surface area (TPSA) is 586 Å². The number of rotatable bonds is 43. The molecule has 0 spiro atoms. The van der Waals surface area contributed by atoms with Gasteiger partial charge in [0.1, 0.15) is 54.4 Å². The van der Waals surface area contributed by atoms with Crippen LogP contribution in [0, 0.1) is 11.8 Å². The van der Waals surface area contributed by atoms with Crippen molar-refractivity contribution >= 4 is 89.0 Å². The van der Waals surface area contributed by atoms with Crippen LogP contribution in [0.2, 0.25) is 0 Å². The van der Waals surface area contributed by atoms with Crippen LogP contribution in [0.1, 0.15) is 124 Å². The van der Waals surface area contributed by atoms with Crippen LogP contribution in [0.3, 0.4) is 0 Å². The first-order valence-corrected chi connectivity index (χ1v) is 28.8. The molecular formula is C55H90N16O18. The second-order valence-corrected chi connectivity index (χ2v) is 22.0. The number of aliphatic imine (C=N–C) groups is 2. The Kier molecular flexibility index (Phi) is 35.2. The molecule has 0 radical (unpaired) electrons. The summed E-state index contributed by atoms with van der Waals surface area (Å²) in [6, 6.07) is -7.52. The van der Waals surface area contributed by atoms with Crippen LogP contribution >= 0.6 is 0 Å². The SMILES string of the molecule is CC(C)C[C@H](NC(=O)[C@H](CCC(=O)O)NC(=O)[C@H](CCC(=O)O)NC(=O)[C@H](CCC(=O)O)NC(=O)[C@@H](NC(=O)[C@H](Cc1ccccc1)NC(=O)[C@H](CC(C)C)NC(=O)[C@@H](N)CCCN=C(N)N)[C@@H](C)O)C(=O)N[C@@H](C)C(=O)N[C@@H](CCCN=C(N)N)C(=O)O. The molecule has 0 aliphatic rings. The van der Waals surface area contributed by atoms with E-state index in [-0.39, 0.29) is 75.4 Å². The van der Waals surface area contributed by atoms with Crippen molar-refractivity contribution in [2.75, 3.05) is 13.1 Å². The van der Waals surface area contributed by atoms with E-state index in [0.29, 0.717) is 12.0 Å². The zero-order chi connectivity index (χ0) is 67.7. The Morgan fingerprint density at radius 3 is 1.19 bits per heavy atom. The molecule has 0 aliphatic carbocycles. The average molecular weight is 1260 g/mol. The largest absolute Gasteiger partial charge is 0.481 e. The van der Waals surface area contributed by atoms with Gasteiger partial charge in [-0.1, -0.05) is 58.0 Å². The molecule has 24 N–H and O–H groups in total. The van der Waals surface area contributed by atoms with Crippen LogP contribution in [0.15, 0.2) is 40.3 Å². The van der Waals surface area contributed by atoms with E-state index in [2.05, 4.69) is 57.8 Å². The van der Waals surface area contributed by atoms with Crippen LogP contribution in [-0.2, 0) is 68.7 Å². The van der Waals surface area contributed by atoms with E-state index in [4.69, 9.17) is 28.7 Å². The van der Waals surface area contributed by atoms with Gasteiger partial charge in [-0.3, -0.25) is 67.5 Å². The number of hydrogen-bond donors (Lipinski definition) is 19. The molecule has 11 atom stereocenters. The fourth-order valence-corrected chi connectivity index (χ4v) is 8.45. The van der Waals surface area contributed by atoms with Crippen LogP contribution < -0.4 is 76.5 Å². The second-order valence-electron chi connectivity index (χ2n) is 22.0. The van der Waals surface area contributed by atoms with Crippen molar-refractivity contribution in [1.29, 1.82) is 0 Å². The molecule has 0 saturated heterocycles. The Labute approximate surface area is 514 Å². The zero-order valence-corrected chi connectivity index (χ0v) is 50.8. The fraction of sp³-hybridized carbons (Fsp3) is 0.618. The lowest BCUT2D eigenvalue weighted by molar-refractivity contribution is -0.142. The van der Waals surface area contributed by atoms with Gasteiger partial charge in [-0.05, 0) is 89.0 Å². The Bertz CT molecular complexity index is 2630. The lowest BCUT2D eigenvalue weighted by Crippen LogP contribution is -2.62. The number of guanidine groups is 2. The number of aliphatic hydroxyl groups excluding tert-OH is 1. The van der Waals surface area contributed by atoms with Crippen molar-refractivity contribution in [2.45, 2.75) is 192 Å². The van der Waals surface area contributed by atoms with Crippen molar-refractivity contribution in [3.63, 3.8) is 0 Å². The predicted molar refractivity (Wildman–Crippen MR) is 320 cm³/mol. The minimum atomic E-state index is -1.95. The predicted octanol–water partition coefficient (Wildman–Crippen LogP) is -4.80. The standard InChI is InChI=1S/C55H90N16O18/c1-27(2)24-37(49(84)63-29(5)44(79)67-36(53(88)89)15-11-23-62-55(59)60)69-48(83)34(17-20-41(75)76)65-46(81)33(16-19-40(73)74)64-47(82)35(18-21-42(77)78)66-52(87)43(30(6)72)71-51(86)39(26-31-12-8-7-9-13-31)70-50(85)38(25-28(3)4)68-45(80)32(56)14-10-22-61-54(57)58/h7-9,12-13,27-30,32-39,43,72H,10-11,14-26,56H2,1-6H3,(H,63,84)(H,64,82)(H,65,81)(H,66,87)(H,67,79)(H,68,80)(H,69,83)(H,70,85)(H,71,86)(H,73,74)(H,75,76)(H,77,78)(H,88,89)(H4,57,58,61)(H4,59,60,62)/t29-,30+,32-,33-,34-,35-,36-,37-,38-,39-,43-/m0/s1. The van der Waals surface area contributed by atoms with Crippen LogP contribution in [0.5, 0.6) is 0 Å². The van der Waals surface area contributed by atoms with Crippen molar-refractivity contribution < 1.29 is 87.9 Å². The highest BCUT2D eigenvalue weighted by Crippen LogP contribution is 2.13. The number of aliphatic hydroxyl groups is 1. The maximum absolute atomic E-state index is 14.3. The summed E-state index contributed by atoms with van der Waals surface area (Å²) in [7, 11) is 0. The van der Waals surface area contributed by atoms with Gasteiger partial charge < -0.3 is 102 Å². The monoisotopic (exact) mass is 1260 g/mol. The van der Waals surface area contributed by atoms with Gasteiger partial charge in [0.15, 0.2) is 11.9 Å². The molecule has 498 valence electrons. The normalized spacial score (nSPS) is 14.7. The van der Waals surface area contributed by atoms with Gasteiger partial charge in [-0.2, -0.15) is 0 Å². The molecule has 0 aliphatic heterocycles. The molecule has 0 unspecified atom stereocenters. The molecule has 0 fully saturated rings. The Hall–Kier alpha value is -9.21. The molecule has 1 aromatic rings. The maximum atomic E-state index is 14.3. The number of carbonyl (C=O) groups is 13. The first kappa shape index (κ1) is 77.8. The molecule has 1 rings (SSSR count). The van der Waals surface area contributed by atoms with E-state index in [9.17, 15) is 87.9 Å². The second kappa shape index (κ2) is 40.3. The minimum absolute atomic E-state index is 0.0566. The number of hydrogen-bond acceptors (Lipinski definition) is 17. The van der Waals surface area contributed by atoms with Gasteiger partial charge in [0, 0.05) is 38.8 Å². The summed E-state index contributed by atoms with van der Waals surface area (Å²) in [4.78, 5) is 180. The summed E-state index contributed by atoms with van der Waals surface area (Å²) < 4.78 is 0. The van der Waals surface area contributed by atoms with Crippen molar-refractivity contribution in [2.24, 2.45) is 50.5 Å². The molecule has 0 saturated carbocycles. The molecule has 1 aromatic carbocycles. The average Bonchev–Trinajstić information content (AvgIpc) is 3.31. The van der Waals surface area contributed by atoms with Crippen LogP contribution in [0.25, 0.3) is 0 Å². The Morgan fingerprint density at radius 1 is 0.427 bits per heavy atom. The molecule has 0 bridgehead atoms. The number of nitrogens with zero attached hydrogens (tertiary/aromatic N) is 2. The maximum Gasteiger partial charge on any atom is 0.326 e.